The van der Waals surface area contributed by atoms with Crippen LogP contribution in [0.15, 0.2) is 29.2 Å². The average molecular weight is 244 g/mol. The van der Waals surface area contributed by atoms with E-state index in [-0.39, 0.29) is 12.4 Å². The third-order valence-corrected chi connectivity index (χ3v) is 3.57. The smallest absolute Gasteiger partial charge is 0.0320 e. The lowest BCUT2D eigenvalue weighted by Crippen LogP contribution is -2.26. The molecule has 0 unspecified atom stereocenters. The summed E-state index contributed by atoms with van der Waals surface area (Å²) in [6.45, 7) is 1.18. The molecular weight excluding hydrogens is 226 g/mol. The van der Waals surface area contributed by atoms with Crippen LogP contribution in [0.2, 0.25) is 0 Å². The number of nitrogens with one attached hydrogen (secondary N) is 1. The molecule has 0 aromatic heterocycles. The van der Waals surface area contributed by atoms with Gasteiger partial charge in [-0.15, -0.1) is 24.2 Å². The Kier molecular flexibility index (Phi) is 5.51. The fraction of sp³-hybridized carbons (Fsp3) is 0.500. The molecule has 0 radical (unpaired) electrons. The zero-order valence-electron chi connectivity index (χ0n) is 9.03. The summed E-state index contributed by atoms with van der Waals surface area (Å²) < 4.78 is 0. The number of halogens is 1. The lowest BCUT2D eigenvalue weighted by Gasteiger charge is -2.23. The zero-order chi connectivity index (χ0) is 9.80. The molecule has 0 bridgehead atoms. The summed E-state index contributed by atoms with van der Waals surface area (Å²) in [5, 5.41) is 3.57. The van der Waals surface area contributed by atoms with E-state index in [1.54, 1.807) is 11.8 Å². The van der Waals surface area contributed by atoms with E-state index in [0.29, 0.717) is 6.04 Å². The third kappa shape index (κ3) is 3.40. The van der Waals surface area contributed by atoms with Crippen LogP contribution in [0.1, 0.15) is 30.9 Å². The van der Waals surface area contributed by atoms with Crippen molar-refractivity contribution in [1.29, 1.82) is 0 Å². The van der Waals surface area contributed by atoms with Gasteiger partial charge in [0.1, 0.15) is 0 Å². The van der Waals surface area contributed by atoms with Crippen molar-refractivity contribution in [3.8, 4) is 0 Å². The molecule has 15 heavy (non-hydrogen) atoms. The van der Waals surface area contributed by atoms with Gasteiger partial charge in [-0.1, -0.05) is 18.6 Å². The Bertz CT molecular complexity index is 280. The molecule has 0 saturated carbocycles. The van der Waals surface area contributed by atoms with Crippen LogP contribution < -0.4 is 5.32 Å². The van der Waals surface area contributed by atoms with Crippen molar-refractivity contribution in [3.05, 3.63) is 29.8 Å². The van der Waals surface area contributed by atoms with Crippen molar-refractivity contribution >= 4 is 24.2 Å². The summed E-state index contributed by atoms with van der Waals surface area (Å²) in [5.74, 6) is 0. The summed E-state index contributed by atoms with van der Waals surface area (Å²) in [4.78, 5) is 1.35. The molecule has 1 nitrogen and oxygen atoms in total. The standard InChI is InChI=1S/C12H17NS.ClH/c1-14-11-7-5-10(6-8-11)12-4-2-3-9-13-12;/h5-8,12-13H,2-4,9H2,1H3;1H/t12-;/m1./s1. The fourth-order valence-corrected chi connectivity index (χ4v) is 2.38. The minimum Gasteiger partial charge on any atom is -0.310 e. The van der Waals surface area contributed by atoms with Crippen LogP contribution in [0.25, 0.3) is 0 Å². The van der Waals surface area contributed by atoms with E-state index in [9.17, 15) is 0 Å². The summed E-state index contributed by atoms with van der Waals surface area (Å²) in [6.07, 6.45) is 6.10. The van der Waals surface area contributed by atoms with E-state index in [1.165, 1.54) is 36.3 Å². The third-order valence-electron chi connectivity index (χ3n) is 2.83. The van der Waals surface area contributed by atoms with Crippen LogP contribution >= 0.6 is 24.2 Å². The highest BCUT2D eigenvalue weighted by molar-refractivity contribution is 7.98. The molecule has 1 fully saturated rings. The predicted molar refractivity (Wildman–Crippen MR) is 70.1 cm³/mol. The van der Waals surface area contributed by atoms with Gasteiger partial charge in [-0.2, -0.15) is 0 Å². The van der Waals surface area contributed by atoms with Gasteiger partial charge in [0.2, 0.25) is 0 Å². The molecule has 2 rings (SSSR count). The van der Waals surface area contributed by atoms with Crippen LogP contribution in [0, 0.1) is 0 Å². The fourth-order valence-electron chi connectivity index (χ4n) is 1.97. The Labute approximate surface area is 102 Å². The second-order valence-electron chi connectivity index (χ2n) is 3.78. The normalized spacial score (nSPS) is 20.7. The van der Waals surface area contributed by atoms with E-state index in [2.05, 4.69) is 35.8 Å². The number of rotatable bonds is 2. The van der Waals surface area contributed by atoms with Crippen molar-refractivity contribution in [3.63, 3.8) is 0 Å². The first-order chi connectivity index (χ1) is 6.90. The van der Waals surface area contributed by atoms with Crippen LogP contribution in [-0.4, -0.2) is 12.8 Å². The molecule has 1 aliphatic rings. The SMILES string of the molecule is CSc1ccc([C@H]2CCCCN2)cc1.Cl. The number of benzene rings is 1. The van der Waals surface area contributed by atoms with Gasteiger partial charge in [-0.05, 0) is 43.3 Å². The zero-order valence-corrected chi connectivity index (χ0v) is 10.7. The number of hydrogen-bond acceptors (Lipinski definition) is 2. The van der Waals surface area contributed by atoms with Gasteiger partial charge in [0, 0.05) is 10.9 Å². The van der Waals surface area contributed by atoms with E-state index in [0.717, 1.165) is 0 Å². The molecule has 1 aromatic carbocycles. The van der Waals surface area contributed by atoms with Gasteiger partial charge in [-0.3, -0.25) is 0 Å². The molecule has 1 aromatic rings. The Balaban J connectivity index is 0.00000112. The number of piperidine rings is 1. The maximum atomic E-state index is 3.57. The first-order valence-electron chi connectivity index (χ1n) is 5.27. The minimum absolute atomic E-state index is 0. The Morgan fingerprint density at radius 3 is 2.47 bits per heavy atom. The molecule has 0 spiro atoms. The highest BCUT2D eigenvalue weighted by Gasteiger charge is 2.13. The van der Waals surface area contributed by atoms with Gasteiger partial charge in [0.05, 0.1) is 0 Å². The van der Waals surface area contributed by atoms with Crippen molar-refractivity contribution in [1.82, 2.24) is 5.32 Å². The summed E-state index contributed by atoms with van der Waals surface area (Å²) >= 11 is 1.80. The maximum Gasteiger partial charge on any atom is 0.0320 e. The molecule has 1 N–H and O–H groups in total. The number of thioether (sulfide) groups is 1. The first kappa shape index (κ1) is 12.9. The summed E-state index contributed by atoms with van der Waals surface area (Å²) in [7, 11) is 0. The minimum atomic E-state index is 0. The van der Waals surface area contributed by atoms with Crippen molar-refractivity contribution in [2.45, 2.75) is 30.2 Å². The van der Waals surface area contributed by atoms with Gasteiger partial charge >= 0.3 is 0 Å². The van der Waals surface area contributed by atoms with E-state index in [4.69, 9.17) is 0 Å². The molecule has 1 aliphatic heterocycles. The molecule has 84 valence electrons. The van der Waals surface area contributed by atoms with Crippen molar-refractivity contribution in [2.75, 3.05) is 12.8 Å². The van der Waals surface area contributed by atoms with Gasteiger partial charge in [0.15, 0.2) is 0 Å². The largest absolute Gasteiger partial charge is 0.310 e. The van der Waals surface area contributed by atoms with E-state index >= 15 is 0 Å². The van der Waals surface area contributed by atoms with Crippen molar-refractivity contribution < 1.29 is 0 Å². The second-order valence-corrected chi connectivity index (χ2v) is 4.66. The highest BCUT2D eigenvalue weighted by Crippen LogP contribution is 2.24. The van der Waals surface area contributed by atoms with Crippen molar-refractivity contribution in [2.24, 2.45) is 0 Å². The molecule has 1 saturated heterocycles. The summed E-state index contributed by atoms with van der Waals surface area (Å²) in [5.41, 5.74) is 1.45. The monoisotopic (exact) mass is 243 g/mol. The number of hydrogen-bond donors (Lipinski definition) is 1. The quantitative estimate of drug-likeness (QED) is 0.796. The van der Waals surface area contributed by atoms with Crippen LogP contribution in [0.5, 0.6) is 0 Å². The molecule has 3 heteroatoms. The molecule has 0 amide bonds. The summed E-state index contributed by atoms with van der Waals surface area (Å²) in [6, 6.07) is 9.55. The molecule has 0 aliphatic carbocycles. The second kappa shape index (κ2) is 6.41. The maximum absolute atomic E-state index is 3.57. The topological polar surface area (TPSA) is 12.0 Å². The highest BCUT2D eigenvalue weighted by atomic mass is 35.5. The Hall–Kier alpha value is -0.180. The molecule has 1 atom stereocenters. The van der Waals surface area contributed by atoms with Crippen LogP contribution in [0.3, 0.4) is 0 Å². The van der Waals surface area contributed by atoms with E-state index < -0.39 is 0 Å². The Morgan fingerprint density at radius 1 is 1.20 bits per heavy atom. The van der Waals surface area contributed by atoms with Crippen LogP contribution in [-0.2, 0) is 0 Å². The lowest BCUT2D eigenvalue weighted by molar-refractivity contribution is 0.412. The van der Waals surface area contributed by atoms with Gasteiger partial charge in [0.25, 0.3) is 0 Å². The predicted octanol–water partition coefficient (Wildman–Crippen LogP) is 3.64. The molecular formula is C12H18ClNS. The van der Waals surface area contributed by atoms with Gasteiger partial charge < -0.3 is 5.32 Å². The van der Waals surface area contributed by atoms with Crippen LogP contribution in [0.4, 0.5) is 0 Å². The first-order valence-corrected chi connectivity index (χ1v) is 6.50. The van der Waals surface area contributed by atoms with Gasteiger partial charge in [-0.25, -0.2) is 0 Å². The lowest BCUT2D eigenvalue weighted by atomic mass is 9.98. The average Bonchev–Trinajstić information content (AvgIpc) is 2.30. The molecule has 1 heterocycles. The Morgan fingerprint density at radius 2 is 1.93 bits per heavy atom. The van der Waals surface area contributed by atoms with E-state index in [1.807, 2.05) is 0 Å².